The average Bonchev–Trinajstić information content (AvgIpc) is 3.03. The summed E-state index contributed by atoms with van der Waals surface area (Å²) >= 11 is 0.982. The molecule has 0 bridgehead atoms. The van der Waals surface area contributed by atoms with Crippen LogP contribution in [0.3, 0.4) is 0 Å². The first kappa shape index (κ1) is 14.9. The number of hydrogen-bond acceptors (Lipinski definition) is 6. The van der Waals surface area contributed by atoms with E-state index in [2.05, 4.69) is 15.5 Å². The number of ether oxygens (including phenoxy) is 1. The van der Waals surface area contributed by atoms with Gasteiger partial charge in [0.15, 0.2) is 0 Å². The zero-order valence-corrected chi connectivity index (χ0v) is 12.6. The summed E-state index contributed by atoms with van der Waals surface area (Å²) in [5.41, 5.74) is 0.920. The highest BCUT2D eigenvalue weighted by Gasteiger charge is 2.14. The second-order valence-corrected chi connectivity index (χ2v) is 5.39. The maximum absolute atomic E-state index is 12.0. The van der Waals surface area contributed by atoms with Gasteiger partial charge in [0, 0.05) is 5.56 Å². The summed E-state index contributed by atoms with van der Waals surface area (Å²) in [5.74, 6) is -0.828. The van der Waals surface area contributed by atoms with Gasteiger partial charge in [-0.05, 0) is 35.6 Å². The normalized spacial score (nSPS) is 10.1. The smallest absolute Gasteiger partial charge is 0.345 e. The molecule has 0 aliphatic heterocycles. The first-order chi connectivity index (χ1) is 11.2. The average molecular weight is 325 g/mol. The van der Waals surface area contributed by atoms with Gasteiger partial charge in [0.25, 0.3) is 5.91 Å². The lowest BCUT2D eigenvalue weighted by Gasteiger charge is -2.00. The molecule has 0 aliphatic carbocycles. The first-order valence-electron chi connectivity index (χ1n) is 6.69. The molecule has 3 rings (SSSR count). The van der Waals surface area contributed by atoms with Gasteiger partial charge in [-0.25, -0.2) is 4.79 Å². The van der Waals surface area contributed by atoms with E-state index in [4.69, 9.17) is 4.74 Å². The van der Waals surface area contributed by atoms with Crippen molar-refractivity contribution in [2.45, 2.75) is 0 Å². The van der Waals surface area contributed by atoms with E-state index in [1.54, 1.807) is 54.6 Å². The first-order valence-corrected chi connectivity index (χ1v) is 7.51. The standard InChI is InChI=1S/C16H11N3O3S/c20-13(11-7-3-1-4-8-11)17-15-18-19-16(23-15)22-14(21)12-9-5-2-6-10-12/h1-10H,(H,17,18,20). The molecule has 1 aromatic heterocycles. The third kappa shape index (κ3) is 3.78. The summed E-state index contributed by atoms with van der Waals surface area (Å²) in [7, 11) is 0. The van der Waals surface area contributed by atoms with Crippen molar-refractivity contribution in [2.24, 2.45) is 0 Å². The van der Waals surface area contributed by atoms with Gasteiger partial charge in [-0.2, -0.15) is 0 Å². The maximum Gasteiger partial charge on any atom is 0.345 e. The monoisotopic (exact) mass is 325 g/mol. The van der Waals surface area contributed by atoms with Gasteiger partial charge in [0.05, 0.1) is 5.56 Å². The fraction of sp³-hybridized carbons (Fsp3) is 0. The lowest BCUT2D eigenvalue weighted by Crippen LogP contribution is -2.11. The highest BCUT2D eigenvalue weighted by molar-refractivity contribution is 7.17. The summed E-state index contributed by atoms with van der Waals surface area (Å²) in [4.78, 5) is 23.9. The second kappa shape index (κ2) is 6.80. The van der Waals surface area contributed by atoms with Crippen LogP contribution in [0.1, 0.15) is 20.7 Å². The molecule has 1 heterocycles. The lowest BCUT2D eigenvalue weighted by molar-refractivity contribution is 0.0733. The Morgan fingerprint density at radius 3 is 2.13 bits per heavy atom. The minimum atomic E-state index is -0.525. The molecule has 114 valence electrons. The number of amides is 1. The zero-order valence-electron chi connectivity index (χ0n) is 11.8. The molecular weight excluding hydrogens is 314 g/mol. The van der Waals surface area contributed by atoms with Crippen LogP contribution in [0, 0.1) is 0 Å². The number of nitrogens with zero attached hydrogens (tertiary/aromatic N) is 2. The van der Waals surface area contributed by atoms with E-state index in [1.165, 1.54) is 0 Å². The summed E-state index contributed by atoms with van der Waals surface area (Å²) in [6.07, 6.45) is 0. The van der Waals surface area contributed by atoms with Crippen molar-refractivity contribution in [1.29, 1.82) is 0 Å². The third-order valence-electron chi connectivity index (χ3n) is 2.85. The molecule has 2 aromatic carbocycles. The van der Waals surface area contributed by atoms with Crippen molar-refractivity contribution in [2.75, 3.05) is 5.32 Å². The Balaban J connectivity index is 1.64. The summed E-state index contributed by atoms with van der Waals surface area (Å²) in [6.45, 7) is 0. The summed E-state index contributed by atoms with van der Waals surface area (Å²) in [5, 5.41) is 10.5. The van der Waals surface area contributed by atoms with E-state index in [9.17, 15) is 9.59 Å². The zero-order chi connectivity index (χ0) is 16.1. The number of anilines is 1. The number of aromatic nitrogens is 2. The summed E-state index contributed by atoms with van der Waals surface area (Å²) in [6, 6.07) is 17.3. The largest absolute Gasteiger partial charge is 0.393 e. The highest BCUT2D eigenvalue weighted by Crippen LogP contribution is 2.23. The molecule has 7 heteroatoms. The number of benzene rings is 2. The molecule has 0 spiro atoms. The van der Waals surface area contributed by atoms with Crippen molar-refractivity contribution < 1.29 is 14.3 Å². The molecule has 1 amide bonds. The predicted octanol–water partition coefficient (Wildman–Crippen LogP) is 3.01. The Bertz CT molecular complexity index is 751. The molecule has 0 saturated carbocycles. The van der Waals surface area contributed by atoms with Gasteiger partial charge in [-0.1, -0.05) is 41.5 Å². The van der Waals surface area contributed by atoms with Crippen LogP contribution in [0.2, 0.25) is 0 Å². The van der Waals surface area contributed by atoms with E-state index >= 15 is 0 Å². The Morgan fingerprint density at radius 2 is 1.48 bits per heavy atom. The molecule has 0 aliphatic rings. The van der Waals surface area contributed by atoms with Crippen LogP contribution in [0.4, 0.5) is 5.13 Å². The predicted molar refractivity (Wildman–Crippen MR) is 85.7 cm³/mol. The van der Waals surface area contributed by atoms with Gasteiger partial charge in [0.2, 0.25) is 5.13 Å². The number of nitrogens with one attached hydrogen (secondary N) is 1. The fourth-order valence-electron chi connectivity index (χ4n) is 1.77. The molecule has 3 aromatic rings. The van der Waals surface area contributed by atoms with Crippen LogP contribution >= 0.6 is 11.3 Å². The van der Waals surface area contributed by atoms with Crippen LogP contribution in [-0.4, -0.2) is 22.1 Å². The van der Waals surface area contributed by atoms with Gasteiger partial charge in [-0.15, -0.1) is 5.10 Å². The Kier molecular flexibility index (Phi) is 4.39. The number of esters is 1. The van der Waals surface area contributed by atoms with Crippen molar-refractivity contribution in [1.82, 2.24) is 10.2 Å². The molecule has 0 radical (unpaired) electrons. The van der Waals surface area contributed by atoms with Crippen molar-refractivity contribution in [3.05, 3.63) is 71.8 Å². The van der Waals surface area contributed by atoms with Crippen LogP contribution in [0.15, 0.2) is 60.7 Å². The lowest BCUT2D eigenvalue weighted by atomic mass is 10.2. The molecule has 0 atom stereocenters. The molecule has 23 heavy (non-hydrogen) atoms. The number of hydrogen-bond donors (Lipinski definition) is 1. The molecule has 6 nitrogen and oxygen atoms in total. The second-order valence-electron chi connectivity index (χ2n) is 4.45. The Morgan fingerprint density at radius 1 is 0.870 bits per heavy atom. The minimum absolute atomic E-state index is 0.0715. The van der Waals surface area contributed by atoms with Crippen LogP contribution < -0.4 is 10.1 Å². The van der Waals surface area contributed by atoms with Crippen LogP contribution in [0.5, 0.6) is 5.19 Å². The Labute approximate surface area is 135 Å². The molecular formula is C16H11N3O3S. The van der Waals surface area contributed by atoms with Crippen LogP contribution in [0.25, 0.3) is 0 Å². The van der Waals surface area contributed by atoms with Crippen molar-refractivity contribution >= 4 is 28.3 Å². The fourth-order valence-corrected chi connectivity index (χ4v) is 2.36. The highest BCUT2D eigenvalue weighted by atomic mass is 32.1. The van der Waals surface area contributed by atoms with E-state index in [-0.39, 0.29) is 16.2 Å². The minimum Gasteiger partial charge on any atom is -0.393 e. The number of rotatable bonds is 4. The van der Waals surface area contributed by atoms with Gasteiger partial charge in [0.1, 0.15) is 0 Å². The van der Waals surface area contributed by atoms with E-state index in [0.717, 1.165) is 11.3 Å². The molecule has 0 saturated heterocycles. The summed E-state index contributed by atoms with van der Waals surface area (Å²) < 4.78 is 5.12. The van der Waals surface area contributed by atoms with Crippen LogP contribution in [-0.2, 0) is 0 Å². The Hall–Kier alpha value is -3.06. The van der Waals surface area contributed by atoms with E-state index in [0.29, 0.717) is 11.1 Å². The number of carbonyl (C=O) groups excluding carboxylic acids is 2. The molecule has 1 N–H and O–H groups in total. The SMILES string of the molecule is O=C(Nc1nnc(OC(=O)c2ccccc2)s1)c1ccccc1. The molecule has 0 fully saturated rings. The molecule has 0 unspecified atom stereocenters. The van der Waals surface area contributed by atoms with Gasteiger partial charge >= 0.3 is 11.2 Å². The third-order valence-corrected chi connectivity index (χ3v) is 3.57. The van der Waals surface area contributed by atoms with Gasteiger partial charge < -0.3 is 4.74 Å². The van der Waals surface area contributed by atoms with Crippen molar-refractivity contribution in [3.63, 3.8) is 0 Å². The quantitative estimate of drug-likeness (QED) is 0.746. The maximum atomic E-state index is 12.0. The topological polar surface area (TPSA) is 81.2 Å². The number of carbonyl (C=O) groups is 2. The van der Waals surface area contributed by atoms with E-state index < -0.39 is 5.97 Å². The van der Waals surface area contributed by atoms with E-state index in [1.807, 2.05) is 6.07 Å². The van der Waals surface area contributed by atoms with Crippen molar-refractivity contribution in [3.8, 4) is 5.19 Å². The van der Waals surface area contributed by atoms with Gasteiger partial charge in [-0.3, -0.25) is 10.1 Å².